The maximum atomic E-state index is 5.95. The van der Waals surface area contributed by atoms with Gasteiger partial charge < -0.3 is 9.30 Å². The number of aromatic nitrogens is 3. The zero-order chi connectivity index (χ0) is 15.4. The van der Waals surface area contributed by atoms with Crippen LogP contribution in [0.3, 0.4) is 0 Å². The van der Waals surface area contributed by atoms with Crippen molar-refractivity contribution in [3.8, 4) is 5.88 Å². The number of aryl methyl sites for hydroxylation is 1. The Morgan fingerprint density at radius 2 is 1.95 bits per heavy atom. The van der Waals surface area contributed by atoms with E-state index in [1.54, 1.807) is 7.11 Å². The molecule has 0 saturated heterocycles. The molecule has 0 radical (unpaired) electrons. The van der Waals surface area contributed by atoms with Crippen LogP contribution in [0.25, 0.3) is 11.2 Å². The Kier molecular flexibility index (Phi) is 5.45. The molecule has 21 heavy (non-hydrogen) atoms. The molecule has 0 N–H and O–H groups in total. The molecule has 0 aliphatic heterocycles. The van der Waals surface area contributed by atoms with Crippen LogP contribution in [0.15, 0.2) is 12.1 Å². The summed E-state index contributed by atoms with van der Waals surface area (Å²) in [6.45, 7) is 6.72. The predicted molar refractivity (Wildman–Crippen MR) is 87.3 cm³/mol. The maximum Gasteiger partial charge on any atom is 0.215 e. The molecule has 2 aromatic heterocycles. The van der Waals surface area contributed by atoms with Gasteiger partial charge in [0.1, 0.15) is 11.3 Å². The van der Waals surface area contributed by atoms with Crippen LogP contribution in [0.2, 0.25) is 0 Å². The van der Waals surface area contributed by atoms with Crippen LogP contribution in [0.5, 0.6) is 5.88 Å². The van der Waals surface area contributed by atoms with E-state index in [1.807, 2.05) is 12.1 Å². The van der Waals surface area contributed by atoms with Crippen molar-refractivity contribution >= 4 is 22.8 Å². The van der Waals surface area contributed by atoms with Crippen LogP contribution in [0.1, 0.15) is 45.5 Å². The Hall–Kier alpha value is -1.29. The second kappa shape index (κ2) is 7.12. The normalized spacial score (nSPS) is 13.0. The lowest BCUT2D eigenvalue weighted by atomic mass is 9.95. The summed E-state index contributed by atoms with van der Waals surface area (Å²) in [5.74, 6) is 2.80. The molecular formula is C16H24ClN3O. The first-order valence-electron chi connectivity index (χ1n) is 7.64. The molecule has 2 rings (SSSR count). The summed E-state index contributed by atoms with van der Waals surface area (Å²) in [5.41, 5.74) is 1.81. The van der Waals surface area contributed by atoms with Crippen molar-refractivity contribution in [1.82, 2.24) is 14.5 Å². The molecule has 0 aromatic carbocycles. The Morgan fingerprint density at radius 3 is 2.52 bits per heavy atom. The number of ether oxygens (including phenoxy) is 1. The summed E-state index contributed by atoms with van der Waals surface area (Å²) in [6.07, 6.45) is 3.04. The topological polar surface area (TPSA) is 39.9 Å². The highest BCUT2D eigenvalue weighted by Gasteiger charge is 2.22. The Bertz CT molecular complexity index is 592. The quantitative estimate of drug-likeness (QED) is 0.719. The number of imidazole rings is 1. The number of nitrogens with zero attached hydrogens (tertiary/aromatic N) is 3. The van der Waals surface area contributed by atoms with Crippen molar-refractivity contribution < 1.29 is 4.74 Å². The van der Waals surface area contributed by atoms with Crippen molar-refractivity contribution in [2.24, 2.45) is 5.92 Å². The summed E-state index contributed by atoms with van der Waals surface area (Å²) in [4.78, 5) is 9.31. The summed E-state index contributed by atoms with van der Waals surface area (Å²) < 4.78 is 7.51. The van der Waals surface area contributed by atoms with E-state index in [-0.39, 0.29) is 0 Å². The molecule has 4 nitrogen and oxygen atoms in total. The Labute approximate surface area is 131 Å². The first-order chi connectivity index (χ1) is 10.2. The summed E-state index contributed by atoms with van der Waals surface area (Å²) in [5, 5.41) is 0. The van der Waals surface area contributed by atoms with Gasteiger partial charge in [0, 0.05) is 24.4 Å². The SMILES string of the molecule is CCC(CC)C(C)n1c(CCCl)nc2ccc(OC)nc21. The minimum Gasteiger partial charge on any atom is -0.481 e. The average molecular weight is 310 g/mol. The molecule has 0 amide bonds. The van der Waals surface area contributed by atoms with Crippen LogP contribution in [0, 0.1) is 5.92 Å². The number of hydrogen-bond acceptors (Lipinski definition) is 3. The number of halogens is 1. The molecule has 116 valence electrons. The highest BCUT2D eigenvalue weighted by Crippen LogP contribution is 2.30. The van der Waals surface area contributed by atoms with Gasteiger partial charge in [-0.1, -0.05) is 26.7 Å². The molecule has 2 heterocycles. The number of fused-ring (bicyclic) bond motifs is 1. The third-order valence-electron chi connectivity index (χ3n) is 4.25. The summed E-state index contributed by atoms with van der Waals surface area (Å²) >= 11 is 5.95. The predicted octanol–water partition coefficient (Wildman–Crippen LogP) is 4.22. The third-order valence-corrected chi connectivity index (χ3v) is 4.44. The van der Waals surface area contributed by atoms with E-state index in [0.29, 0.717) is 23.7 Å². The van der Waals surface area contributed by atoms with E-state index < -0.39 is 0 Å². The lowest BCUT2D eigenvalue weighted by Crippen LogP contribution is -2.18. The zero-order valence-corrected chi connectivity index (χ0v) is 14.0. The highest BCUT2D eigenvalue weighted by molar-refractivity contribution is 6.17. The van der Waals surface area contributed by atoms with Gasteiger partial charge in [-0.3, -0.25) is 0 Å². The second-order valence-corrected chi connectivity index (χ2v) is 5.73. The minimum atomic E-state index is 0.350. The van der Waals surface area contributed by atoms with Crippen LogP contribution in [-0.2, 0) is 6.42 Å². The van der Waals surface area contributed by atoms with E-state index >= 15 is 0 Å². The Balaban J connectivity index is 2.58. The average Bonchev–Trinajstić information content (AvgIpc) is 2.85. The second-order valence-electron chi connectivity index (χ2n) is 5.35. The van der Waals surface area contributed by atoms with Gasteiger partial charge in [0.05, 0.1) is 7.11 Å². The molecule has 0 bridgehead atoms. The fourth-order valence-electron chi connectivity index (χ4n) is 2.99. The van der Waals surface area contributed by atoms with Gasteiger partial charge in [-0.05, 0) is 18.9 Å². The van der Waals surface area contributed by atoms with Gasteiger partial charge in [0.25, 0.3) is 0 Å². The van der Waals surface area contributed by atoms with E-state index in [4.69, 9.17) is 21.3 Å². The van der Waals surface area contributed by atoms with E-state index in [0.717, 1.165) is 36.3 Å². The van der Waals surface area contributed by atoms with Crippen LogP contribution < -0.4 is 4.74 Å². The van der Waals surface area contributed by atoms with Crippen LogP contribution in [-0.4, -0.2) is 27.5 Å². The number of alkyl halides is 1. The lowest BCUT2D eigenvalue weighted by molar-refractivity contribution is 0.331. The van der Waals surface area contributed by atoms with Gasteiger partial charge in [0.15, 0.2) is 5.65 Å². The zero-order valence-electron chi connectivity index (χ0n) is 13.3. The highest BCUT2D eigenvalue weighted by atomic mass is 35.5. The van der Waals surface area contributed by atoms with Gasteiger partial charge >= 0.3 is 0 Å². The number of rotatable bonds is 7. The van der Waals surface area contributed by atoms with Gasteiger partial charge in [-0.15, -0.1) is 11.6 Å². The van der Waals surface area contributed by atoms with Gasteiger partial charge in [0.2, 0.25) is 5.88 Å². The van der Waals surface area contributed by atoms with Crippen molar-refractivity contribution in [2.45, 2.75) is 46.1 Å². The summed E-state index contributed by atoms with van der Waals surface area (Å²) in [7, 11) is 1.64. The molecule has 2 aromatic rings. The van der Waals surface area contributed by atoms with Gasteiger partial charge in [-0.2, -0.15) is 4.98 Å². The molecule has 1 atom stereocenters. The van der Waals surface area contributed by atoms with E-state index in [1.165, 1.54) is 0 Å². The first kappa shape index (κ1) is 16.1. The molecule has 5 heteroatoms. The monoisotopic (exact) mass is 309 g/mol. The van der Waals surface area contributed by atoms with E-state index in [2.05, 4.69) is 30.3 Å². The molecular weight excluding hydrogens is 286 g/mol. The van der Waals surface area contributed by atoms with Crippen LogP contribution in [0.4, 0.5) is 0 Å². The van der Waals surface area contributed by atoms with Gasteiger partial charge in [-0.25, -0.2) is 4.98 Å². The Morgan fingerprint density at radius 1 is 1.24 bits per heavy atom. The van der Waals surface area contributed by atoms with Crippen molar-refractivity contribution in [2.75, 3.05) is 13.0 Å². The van der Waals surface area contributed by atoms with Crippen molar-refractivity contribution in [3.05, 3.63) is 18.0 Å². The molecule has 0 spiro atoms. The molecule has 0 aliphatic rings. The fraction of sp³-hybridized carbons (Fsp3) is 0.625. The molecule has 0 aliphatic carbocycles. The molecule has 0 saturated carbocycles. The number of hydrogen-bond donors (Lipinski definition) is 0. The van der Waals surface area contributed by atoms with E-state index in [9.17, 15) is 0 Å². The number of pyridine rings is 1. The number of methoxy groups -OCH3 is 1. The van der Waals surface area contributed by atoms with Crippen molar-refractivity contribution in [1.29, 1.82) is 0 Å². The largest absolute Gasteiger partial charge is 0.481 e. The first-order valence-corrected chi connectivity index (χ1v) is 8.17. The van der Waals surface area contributed by atoms with Crippen molar-refractivity contribution in [3.63, 3.8) is 0 Å². The minimum absolute atomic E-state index is 0.350. The molecule has 0 fully saturated rings. The standard InChI is InChI=1S/C16H24ClN3O/c1-5-12(6-2)11(3)20-14(9-10-17)18-13-7-8-15(21-4)19-16(13)20/h7-8,11-12H,5-6,9-10H2,1-4H3. The third kappa shape index (κ3) is 3.15. The smallest absolute Gasteiger partial charge is 0.215 e. The van der Waals surface area contributed by atoms with Crippen LogP contribution >= 0.6 is 11.6 Å². The maximum absolute atomic E-state index is 5.95. The molecule has 1 unspecified atom stereocenters. The fourth-order valence-corrected chi connectivity index (χ4v) is 3.16. The lowest BCUT2D eigenvalue weighted by Gasteiger charge is -2.24. The summed E-state index contributed by atoms with van der Waals surface area (Å²) in [6, 6.07) is 4.17.